The summed E-state index contributed by atoms with van der Waals surface area (Å²) in [5, 5.41) is 5.28. The molecule has 0 aliphatic carbocycles. The van der Waals surface area contributed by atoms with Crippen molar-refractivity contribution in [2.45, 2.75) is 38.5 Å². The third-order valence-electron chi connectivity index (χ3n) is 4.19. The number of aliphatic imine (C=N–C) groups is 1. The van der Waals surface area contributed by atoms with Gasteiger partial charge in [0.2, 0.25) is 0 Å². The average Bonchev–Trinajstić information content (AvgIpc) is 2.87. The summed E-state index contributed by atoms with van der Waals surface area (Å²) in [5.41, 5.74) is 0.0752. The lowest BCUT2D eigenvalue weighted by Crippen LogP contribution is -2.65. The van der Waals surface area contributed by atoms with E-state index in [9.17, 15) is 9.00 Å². The highest BCUT2D eigenvalue weighted by Gasteiger charge is 2.53. The molecular weight excluding hydrogens is 356 g/mol. The molecule has 0 radical (unpaired) electrons. The summed E-state index contributed by atoms with van der Waals surface area (Å²) >= 11 is 5.33. The lowest BCUT2D eigenvalue weighted by atomic mass is 10.1. The second-order valence-electron chi connectivity index (χ2n) is 6.59. The highest BCUT2D eigenvalue weighted by molar-refractivity contribution is 8.41. The van der Waals surface area contributed by atoms with Gasteiger partial charge < -0.3 is 10.6 Å². The Balaban J connectivity index is 2.60. The van der Waals surface area contributed by atoms with Crippen LogP contribution < -0.4 is 15.4 Å². The summed E-state index contributed by atoms with van der Waals surface area (Å²) in [5.74, 6) is 0.00855. The molecule has 138 valence electrons. The molecule has 0 saturated carbocycles. The molecule has 1 aromatic carbocycles. The first-order chi connectivity index (χ1) is 11.7. The van der Waals surface area contributed by atoms with Crippen molar-refractivity contribution in [3.8, 4) is 0 Å². The second-order valence-corrected chi connectivity index (χ2v) is 10.7. The molecule has 0 atom stereocenters. The molecule has 0 spiro atoms. The van der Waals surface area contributed by atoms with Crippen LogP contribution in [-0.4, -0.2) is 38.7 Å². The van der Waals surface area contributed by atoms with E-state index in [4.69, 9.17) is 12.2 Å². The van der Waals surface area contributed by atoms with E-state index in [-0.39, 0.29) is 10.9 Å². The fraction of sp³-hybridized carbons (Fsp3) is 0.471. The predicted octanol–water partition coefficient (Wildman–Crippen LogP) is 2.33. The number of rotatable bonds is 5. The molecule has 1 aliphatic rings. The van der Waals surface area contributed by atoms with Crippen molar-refractivity contribution >= 4 is 36.9 Å². The molecule has 1 heterocycles. The lowest BCUT2D eigenvalue weighted by molar-refractivity contribution is 0.258. The monoisotopic (exact) mass is 382 g/mol. The van der Waals surface area contributed by atoms with Gasteiger partial charge in [-0.2, -0.15) is 0 Å². The highest BCUT2D eigenvalue weighted by atomic mass is 32.3. The van der Waals surface area contributed by atoms with Gasteiger partial charge >= 0.3 is 5.24 Å². The Bertz CT molecular complexity index is 774. The van der Waals surface area contributed by atoms with Crippen LogP contribution in [-0.2, 0) is 15.0 Å². The molecule has 0 aromatic heterocycles. The Kier molecular flexibility index (Phi) is 5.46. The van der Waals surface area contributed by atoms with E-state index in [0.717, 1.165) is 12.0 Å². The van der Waals surface area contributed by atoms with Gasteiger partial charge in [-0.3, -0.25) is 9.00 Å². The number of amides is 1. The molecule has 0 fully saturated rings. The van der Waals surface area contributed by atoms with Gasteiger partial charge in [0.25, 0.3) is 0 Å². The van der Waals surface area contributed by atoms with Crippen LogP contribution in [0.15, 0.2) is 35.3 Å². The van der Waals surface area contributed by atoms with Crippen LogP contribution in [0.1, 0.15) is 32.8 Å². The summed E-state index contributed by atoms with van der Waals surface area (Å²) < 4.78 is 17.2. The number of benzene rings is 1. The zero-order chi connectivity index (χ0) is 18.7. The van der Waals surface area contributed by atoms with Gasteiger partial charge in [0, 0.05) is 6.54 Å². The number of nitrogens with zero attached hydrogens (tertiary/aromatic N) is 1. The van der Waals surface area contributed by atoms with Crippen LogP contribution in [0, 0.1) is 0 Å². The van der Waals surface area contributed by atoms with Crippen molar-refractivity contribution in [1.29, 1.82) is 0 Å². The van der Waals surface area contributed by atoms with Crippen molar-refractivity contribution in [2.24, 2.45) is 4.99 Å². The summed E-state index contributed by atoms with van der Waals surface area (Å²) in [6, 6.07) is 9.27. The third-order valence-corrected chi connectivity index (χ3v) is 8.48. The second kappa shape index (κ2) is 6.93. The first-order valence-electron chi connectivity index (χ1n) is 8.25. The normalized spacial score (nSPS) is 18.0. The molecule has 0 saturated heterocycles. The number of hydrogen-bond donors (Lipinski definition) is 3. The van der Waals surface area contributed by atoms with Crippen molar-refractivity contribution in [3.63, 3.8) is 0 Å². The van der Waals surface area contributed by atoms with Gasteiger partial charge in [-0.25, -0.2) is 9.71 Å². The number of hydrogen-bond acceptors (Lipinski definition) is 4. The molecule has 3 N–H and O–H groups in total. The molecular formula is C17H26N4O2S2. The standard InChI is InChI=1S/C17H26N4O2S2/c1-5-11-19-16(22)25(23,18-4,12-13-9-7-6-8-10-13)15-20-14(24)17(2,3)21-15/h6-10H,5,11-12H2,1-4H3,(H,18,23)(H,19,22)(H,20,21,24). The molecule has 0 unspecified atom stereocenters. The minimum atomic E-state index is -4.24. The van der Waals surface area contributed by atoms with Crippen LogP contribution in [0.5, 0.6) is 0 Å². The summed E-state index contributed by atoms with van der Waals surface area (Å²) in [6.07, 6.45) is 0.744. The van der Waals surface area contributed by atoms with Crippen molar-refractivity contribution < 1.29 is 9.00 Å². The topological polar surface area (TPSA) is 82.6 Å². The largest absolute Gasteiger partial charge is 0.345 e. The van der Waals surface area contributed by atoms with E-state index >= 15 is 0 Å². The summed E-state index contributed by atoms with van der Waals surface area (Å²) in [6.45, 7) is 6.03. The Morgan fingerprint density at radius 3 is 2.44 bits per heavy atom. The van der Waals surface area contributed by atoms with E-state index in [2.05, 4.69) is 20.3 Å². The zero-order valence-corrected chi connectivity index (χ0v) is 16.7. The molecule has 1 amide bonds. The quantitative estimate of drug-likeness (QED) is 0.683. The maximum absolute atomic E-state index is 14.4. The third kappa shape index (κ3) is 3.51. The SMILES string of the molecule is CCCNC(=O)S(=O)(Cc1ccccc1)(NC)C1=NC(C)(C)C(=S)N1. The minimum Gasteiger partial charge on any atom is -0.345 e. The molecule has 6 nitrogen and oxygen atoms in total. The molecule has 25 heavy (non-hydrogen) atoms. The number of carbonyl (C=O) groups excluding carboxylic acids is 1. The smallest absolute Gasteiger partial charge is 0.307 e. The molecule has 8 heteroatoms. The van der Waals surface area contributed by atoms with Gasteiger partial charge in [0.1, 0.15) is 10.5 Å². The number of amidine groups is 1. The Morgan fingerprint density at radius 2 is 1.96 bits per heavy atom. The molecule has 1 aromatic rings. The molecule has 0 bridgehead atoms. The van der Waals surface area contributed by atoms with Gasteiger partial charge in [-0.15, -0.1) is 0 Å². The van der Waals surface area contributed by atoms with Gasteiger partial charge in [-0.05, 0) is 32.9 Å². The maximum atomic E-state index is 14.4. The van der Waals surface area contributed by atoms with E-state index in [0.29, 0.717) is 11.5 Å². The maximum Gasteiger partial charge on any atom is 0.307 e. The van der Waals surface area contributed by atoms with Gasteiger partial charge in [0.05, 0.1) is 15.0 Å². The fourth-order valence-corrected chi connectivity index (χ4v) is 5.69. The Morgan fingerprint density at radius 1 is 1.32 bits per heavy atom. The van der Waals surface area contributed by atoms with E-state index in [1.54, 1.807) is 0 Å². The lowest BCUT2D eigenvalue weighted by Gasteiger charge is -2.39. The fourth-order valence-electron chi connectivity index (χ4n) is 2.54. The van der Waals surface area contributed by atoms with Crippen LogP contribution >= 0.6 is 12.2 Å². The first-order valence-corrected chi connectivity index (χ1v) is 10.8. The number of thiocarbonyl (C=S) groups is 1. The summed E-state index contributed by atoms with van der Waals surface area (Å²) in [7, 11) is -2.71. The number of carbonyl (C=O) groups is 1. The number of nitrogens with one attached hydrogen (secondary N) is 3. The molecule has 1 aliphatic heterocycles. The average molecular weight is 383 g/mol. The highest BCUT2D eigenvalue weighted by Crippen LogP contribution is 2.33. The van der Waals surface area contributed by atoms with Crippen molar-refractivity contribution in [2.75, 3.05) is 13.6 Å². The van der Waals surface area contributed by atoms with Crippen molar-refractivity contribution in [1.82, 2.24) is 15.4 Å². The van der Waals surface area contributed by atoms with Crippen LogP contribution in [0.2, 0.25) is 0 Å². The van der Waals surface area contributed by atoms with E-state index < -0.39 is 20.0 Å². The summed E-state index contributed by atoms with van der Waals surface area (Å²) in [4.78, 5) is 18.1. The van der Waals surface area contributed by atoms with Crippen LogP contribution in [0.3, 0.4) is 0 Å². The van der Waals surface area contributed by atoms with E-state index in [1.807, 2.05) is 51.1 Å². The van der Waals surface area contributed by atoms with Gasteiger partial charge in [0.15, 0.2) is 5.17 Å². The predicted molar refractivity (Wildman–Crippen MR) is 108 cm³/mol. The molecule has 2 rings (SSSR count). The zero-order valence-electron chi connectivity index (χ0n) is 15.1. The Labute approximate surface area is 154 Å². The first kappa shape index (κ1) is 19.7. The van der Waals surface area contributed by atoms with Crippen LogP contribution in [0.4, 0.5) is 4.79 Å². The Hall–Kier alpha value is -1.64. The van der Waals surface area contributed by atoms with Crippen LogP contribution in [0.25, 0.3) is 0 Å². The van der Waals surface area contributed by atoms with Crippen molar-refractivity contribution in [3.05, 3.63) is 35.9 Å². The van der Waals surface area contributed by atoms with Gasteiger partial charge in [-0.1, -0.05) is 49.5 Å². The minimum absolute atomic E-state index is 0.00855. The van der Waals surface area contributed by atoms with E-state index in [1.165, 1.54) is 7.05 Å².